The Hall–Kier alpha value is -2.97. The van der Waals surface area contributed by atoms with E-state index in [1.807, 2.05) is 43.3 Å². The number of aryl methyl sites for hydroxylation is 1. The molecular formula is C25H21BrClN3O4. The fourth-order valence-electron chi connectivity index (χ4n) is 4.99. The number of nitrogens with zero attached hydrogens (tertiary/aromatic N) is 2. The number of amides is 3. The first-order valence-corrected chi connectivity index (χ1v) is 12.1. The molecule has 174 valence electrons. The number of imide groups is 1. The van der Waals surface area contributed by atoms with Crippen molar-refractivity contribution in [2.75, 3.05) is 11.9 Å². The Morgan fingerprint density at radius 1 is 1.21 bits per heavy atom. The average Bonchev–Trinajstić information content (AvgIpc) is 3.47. The molecule has 0 radical (unpaired) electrons. The summed E-state index contributed by atoms with van der Waals surface area (Å²) in [5.74, 6) is -0.990. The summed E-state index contributed by atoms with van der Waals surface area (Å²) in [6, 6.07) is 10.7. The molecule has 2 aliphatic carbocycles. The summed E-state index contributed by atoms with van der Waals surface area (Å²) < 4.78 is 6.29. The number of nitrogens with one attached hydrogen (secondary N) is 1. The van der Waals surface area contributed by atoms with Crippen molar-refractivity contribution in [3.8, 4) is 5.75 Å². The second-order valence-corrected chi connectivity index (χ2v) is 9.98. The maximum atomic E-state index is 12.9. The zero-order valence-electron chi connectivity index (χ0n) is 18.2. The number of hydrogen-bond acceptors (Lipinski definition) is 5. The van der Waals surface area contributed by atoms with Gasteiger partial charge >= 0.3 is 0 Å². The van der Waals surface area contributed by atoms with Crippen LogP contribution in [0.4, 0.5) is 5.69 Å². The third-order valence-electron chi connectivity index (χ3n) is 6.56. The number of anilines is 1. The van der Waals surface area contributed by atoms with Crippen molar-refractivity contribution in [2.45, 2.75) is 13.3 Å². The average molecular weight is 543 g/mol. The van der Waals surface area contributed by atoms with Crippen molar-refractivity contribution >= 4 is 57.2 Å². The highest BCUT2D eigenvalue weighted by Crippen LogP contribution is 2.52. The molecule has 7 nitrogen and oxygen atoms in total. The van der Waals surface area contributed by atoms with Crippen LogP contribution in [-0.4, -0.2) is 35.6 Å². The number of carbonyl (C=O) groups excluding carboxylic acids is 3. The van der Waals surface area contributed by atoms with Gasteiger partial charge in [0.05, 0.1) is 22.5 Å². The molecular weight excluding hydrogens is 522 g/mol. The molecule has 1 N–H and O–H groups in total. The number of fused-ring (bicyclic) bond motifs is 5. The van der Waals surface area contributed by atoms with Gasteiger partial charge < -0.3 is 10.1 Å². The van der Waals surface area contributed by atoms with E-state index in [9.17, 15) is 14.4 Å². The van der Waals surface area contributed by atoms with Crippen molar-refractivity contribution in [1.82, 2.24) is 5.01 Å². The van der Waals surface area contributed by atoms with Crippen molar-refractivity contribution in [3.05, 3.63) is 69.2 Å². The number of halogens is 2. The quantitative estimate of drug-likeness (QED) is 0.329. The summed E-state index contributed by atoms with van der Waals surface area (Å²) in [4.78, 5) is 38.2. The fourth-order valence-corrected chi connectivity index (χ4v) is 5.93. The summed E-state index contributed by atoms with van der Waals surface area (Å²) in [6.45, 7) is 1.65. The van der Waals surface area contributed by atoms with Gasteiger partial charge in [-0.05, 0) is 64.9 Å². The lowest BCUT2D eigenvalue weighted by molar-refractivity contribution is -0.140. The zero-order chi connectivity index (χ0) is 24.0. The summed E-state index contributed by atoms with van der Waals surface area (Å²) >= 11 is 9.61. The van der Waals surface area contributed by atoms with Gasteiger partial charge in [-0.2, -0.15) is 10.1 Å². The SMILES string of the molecule is Cc1ccccc1NC(=O)COc1c(Br)cc(Cl)cc1C=NN1C(=O)[C@@H]2[C@H](C1=O)[C@H]1C=C[C@H]2C1. The van der Waals surface area contributed by atoms with E-state index in [1.54, 1.807) is 12.1 Å². The van der Waals surface area contributed by atoms with Gasteiger partial charge in [0.25, 0.3) is 17.7 Å². The lowest BCUT2D eigenvalue weighted by Gasteiger charge is -2.14. The van der Waals surface area contributed by atoms with Gasteiger partial charge in [-0.3, -0.25) is 14.4 Å². The number of hydrogen-bond donors (Lipinski definition) is 1. The van der Waals surface area contributed by atoms with Crippen LogP contribution in [0.3, 0.4) is 0 Å². The molecule has 3 aliphatic rings. The van der Waals surface area contributed by atoms with Crippen molar-refractivity contribution in [2.24, 2.45) is 28.8 Å². The molecule has 1 heterocycles. The van der Waals surface area contributed by atoms with Crippen LogP contribution in [0.2, 0.25) is 5.02 Å². The van der Waals surface area contributed by atoms with Gasteiger partial charge in [-0.1, -0.05) is 42.0 Å². The topological polar surface area (TPSA) is 88.1 Å². The van der Waals surface area contributed by atoms with Crippen LogP contribution in [0.1, 0.15) is 17.5 Å². The molecule has 34 heavy (non-hydrogen) atoms. The Balaban J connectivity index is 1.32. The Morgan fingerprint density at radius 3 is 2.56 bits per heavy atom. The van der Waals surface area contributed by atoms with Crippen molar-refractivity contribution < 1.29 is 19.1 Å². The normalized spacial score (nSPS) is 24.9. The molecule has 5 rings (SSSR count). The van der Waals surface area contributed by atoms with Crippen molar-refractivity contribution in [1.29, 1.82) is 0 Å². The third kappa shape index (κ3) is 4.05. The molecule has 1 saturated carbocycles. The summed E-state index contributed by atoms with van der Waals surface area (Å²) in [5, 5.41) is 8.39. The van der Waals surface area contributed by atoms with E-state index >= 15 is 0 Å². The van der Waals surface area contributed by atoms with E-state index in [1.165, 1.54) is 6.21 Å². The molecule has 0 aromatic heterocycles. The van der Waals surface area contributed by atoms with Crippen LogP contribution >= 0.6 is 27.5 Å². The molecule has 0 spiro atoms. The van der Waals surface area contributed by atoms with Crippen LogP contribution in [0.15, 0.2) is 58.1 Å². The Labute approximate surface area is 209 Å². The molecule has 2 aromatic rings. The number of benzene rings is 2. The minimum atomic E-state index is -0.334. The number of para-hydroxylation sites is 1. The number of hydrazone groups is 1. The number of rotatable bonds is 6. The van der Waals surface area contributed by atoms with E-state index in [0.717, 1.165) is 17.0 Å². The van der Waals surface area contributed by atoms with E-state index in [2.05, 4.69) is 26.3 Å². The van der Waals surface area contributed by atoms with Crippen LogP contribution in [0.25, 0.3) is 0 Å². The van der Waals surface area contributed by atoms with Crippen LogP contribution in [0.5, 0.6) is 5.75 Å². The molecule has 1 saturated heterocycles. The monoisotopic (exact) mass is 541 g/mol. The fraction of sp³-hybridized carbons (Fsp3) is 0.280. The van der Waals surface area contributed by atoms with Crippen molar-refractivity contribution in [3.63, 3.8) is 0 Å². The first-order chi connectivity index (χ1) is 16.3. The Kier molecular flexibility index (Phi) is 6.04. The van der Waals surface area contributed by atoms with Gasteiger partial charge in [0, 0.05) is 16.3 Å². The first-order valence-electron chi connectivity index (χ1n) is 10.9. The summed E-state index contributed by atoms with van der Waals surface area (Å²) in [5.41, 5.74) is 2.07. The number of allylic oxidation sites excluding steroid dienone is 2. The smallest absolute Gasteiger partial charge is 0.262 e. The van der Waals surface area contributed by atoms with Crippen LogP contribution in [-0.2, 0) is 14.4 Å². The van der Waals surface area contributed by atoms with E-state index in [-0.39, 0.29) is 48.0 Å². The molecule has 4 atom stereocenters. The van der Waals surface area contributed by atoms with Gasteiger partial charge in [-0.25, -0.2) is 0 Å². The lowest BCUT2D eigenvalue weighted by atomic mass is 9.85. The second-order valence-electron chi connectivity index (χ2n) is 8.69. The maximum absolute atomic E-state index is 12.9. The molecule has 9 heteroatoms. The number of ether oxygens (including phenoxy) is 1. The maximum Gasteiger partial charge on any atom is 0.262 e. The minimum absolute atomic E-state index is 0.109. The highest BCUT2D eigenvalue weighted by molar-refractivity contribution is 9.10. The summed E-state index contributed by atoms with van der Waals surface area (Å²) in [7, 11) is 0. The van der Waals surface area contributed by atoms with Crippen LogP contribution < -0.4 is 10.1 Å². The number of carbonyl (C=O) groups is 3. The van der Waals surface area contributed by atoms with E-state index in [0.29, 0.717) is 26.5 Å². The van der Waals surface area contributed by atoms with Gasteiger partial charge in [0.15, 0.2) is 6.61 Å². The molecule has 3 amide bonds. The second kappa shape index (κ2) is 9.00. The lowest BCUT2D eigenvalue weighted by Crippen LogP contribution is -2.28. The molecule has 0 unspecified atom stereocenters. The van der Waals surface area contributed by atoms with E-state index < -0.39 is 0 Å². The van der Waals surface area contributed by atoms with Crippen LogP contribution in [0, 0.1) is 30.6 Å². The first kappa shape index (κ1) is 22.8. The summed E-state index contributed by atoms with van der Waals surface area (Å²) in [6.07, 6.45) is 6.30. The zero-order valence-corrected chi connectivity index (χ0v) is 20.5. The third-order valence-corrected chi connectivity index (χ3v) is 7.37. The van der Waals surface area contributed by atoms with Gasteiger partial charge in [0.1, 0.15) is 5.75 Å². The minimum Gasteiger partial charge on any atom is -0.482 e. The molecule has 2 fully saturated rings. The molecule has 2 aromatic carbocycles. The predicted octanol–water partition coefficient (Wildman–Crippen LogP) is 4.57. The molecule has 2 bridgehead atoms. The standard InChI is InChI=1S/C25H21BrClN3O4/c1-13-4-2-3-5-19(13)29-20(31)12-34-23-16(9-17(27)10-18(23)26)11-28-30-24(32)21-14-6-7-15(8-14)22(21)25(30)33/h2-7,9-11,14-15,21-22H,8,12H2,1H3,(H,29,31)/t14-,15-,21-,22+/m0/s1. The Bertz CT molecular complexity index is 1230. The molecule has 1 aliphatic heterocycles. The Morgan fingerprint density at radius 2 is 1.88 bits per heavy atom. The predicted molar refractivity (Wildman–Crippen MR) is 132 cm³/mol. The highest BCUT2D eigenvalue weighted by Gasteiger charge is 2.59. The van der Waals surface area contributed by atoms with Gasteiger partial charge in [-0.15, -0.1) is 0 Å². The van der Waals surface area contributed by atoms with Gasteiger partial charge in [0.2, 0.25) is 0 Å². The van der Waals surface area contributed by atoms with E-state index in [4.69, 9.17) is 16.3 Å². The largest absolute Gasteiger partial charge is 0.482 e. The highest BCUT2D eigenvalue weighted by atomic mass is 79.9.